The smallest absolute Gasteiger partial charge is 0.403 e. The number of hydrogen-bond acceptors (Lipinski definition) is 6. The molecule has 180 valence electrons. The van der Waals surface area contributed by atoms with Gasteiger partial charge in [-0.3, -0.25) is 4.79 Å². The van der Waals surface area contributed by atoms with Gasteiger partial charge in [0.15, 0.2) is 9.84 Å². The number of nitrogens with zero attached hydrogens (tertiary/aromatic N) is 2. The van der Waals surface area contributed by atoms with Gasteiger partial charge in [-0.25, -0.2) is 17.9 Å². The van der Waals surface area contributed by atoms with E-state index in [4.69, 9.17) is 4.74 Å². The molecule has 0 aliphatic carbocycles. The number of sulfone groups is 1. The van der Waals surface area contributed by atoms with Crippen LogP contribution in [0.25, 0.3) is 0 Å². The van der Waals surface area contributed by atoms with Gasteiger partial charge in [-0.1, -0.05) is 18.2 Å². The van der Waals surface area contributed by atoms with Crippen LogP contribution in [0.15, 0.2) is 47.5 Å². The molecular weight excluding hydrogens is 473 g/mol. The zero-order valence-corrected chi connectivity index (χ0v) is 19.5. The molecule has 0 N–H and O–H groups in total. The molecule has 3 aromatic rings. The maximum atomic E-state index is 14.0. The summed E-state index contributed by atoms with van der Waals surface area (Å²) < 4.78 is 72.9. The summed E-state index contributed by atoms with van der Waals surface area (Å²) >= 11 is 0. The number of carbonyl (C=O) groups excluding carboxylic acids is 2. The van der Waals surface area contributed by atoms with Crippen molar-refractivity contribution in [1.82, 2.24) is 9.78 Å². The minimum absolute atomic E-state index is 0.0120. The van der Waals surface area contributed by atoms with Gasteiger partial charge in [-0.05, 0) is 50.1 Å². The highest BCUT2D eigenvalue weighted by Gasteiger charge is 2.40. The van der Waals surface area contributed by atoms with Crippen molar-refractivity contribution in [3.05, 3.63) is 76.0 Å². The summed E-state index contributed by atoms with van der Waals surface area (Å²) in [5.74, 6) is -2.23. The first-order chi connectivity index (χ1) is 15.8. The number of ketones is 1. The highest BCUT2D eigenvalue weighted by Crippen LogP contribution is 2.40. The minimum atomic E-state index is -5.02. The number of halogens is 3. The number of aromatic nitrogens is 2. The van der Waals surface area contributed by atoms with Crippen molar-refractivity contribution in [3.63, 3.8) is 0 Å². The van der Waals surface area contributed by atoms with Crippen molar-refractivity contribution in [3.8, 4) is 5.88 Å². The van der Waals surface area contributed by atoms with E-state index in [1.807, 2.05) is 0 Å². The van der Waals surface area contributed by atoms with E-state index in [-0.39, 0.29) is 29.1 Å². The number of ether oxygens (including phenoxy) is 1. The van der Waals surface area contributed by atoms with Crippen LogP contribution < -0.4 is 4.74 Å². The van der Waals surface area contributed by atoms with Crippen molar-refractivity contribution >= 4 is 21.6 Å². The van der Waals surface area contributed by atoms with Gasteiger partial charge >= 0.3 is 12.1 Å². The molecule has 0 saturated carbocycles. The van der Waals surface area contributed by atoms with E-state index >= 15 is 0 Å². The van der Waals surface area contributed by atoms with E-state index in [1.54, 1.807) is 25.1 Å². The number of carbonyl (C=O) groups is 2. The fourth-order valence-electron chi connectivity index (χ4n) is 3.81. The van der Waals surface area contributed by atoms with Crippen LogP contribution in [0.1, 0.15) is 49.9 Å². The molecule has 0 spiro atoms. The Morgan fingerprint density at radius 2 is 1.71 bits per heavy atom. The first-order valence-electron chi connectivity index (χ1n) is 10.1. The van der Waals surface area contributed by atoms with E-state index in [9.17, 15) is 31.2 Å². The lowest BCUT2D eigenvalue weighted by Crippen LogP contribution is -2.20. The van der Waals surface area contributed by atoms with Crippen molar-refractivity contribution in [1.29, 1.82) is 0 Å². The average Bonchev–Trinajstić information content (AvgIpc) is 3.13. The predicted octanol–water partition coefficient (Wildman–Crippen LogP) is 4.39. The second-order valence-electron chi connectivity index (χ2n) is 7.60. The SMILES string of the molecule is CCn1ncc(C(=O)c2cc(C)c(S(C)(=O)=O)c(C)c2C(F)(F)F)c1OC(=O)c1ccccc1. The second kappa shape index (κ2) is 9.05. The highest BCUT2D eigenvalue weighted by molar-refractivity contribution is 7.90. The summed E-state index contributed by atoms with van der Waals surface area (Å²) in [4.78, 5) is 25.4. The molecule has 0 amide bonds. The summed E-state index contributed by atoms with van der Waals surface area (Å²) in [5, 5.41) is 3.96. The van der Waals surface area contributed by atoms with Crippen molar-refractivity contribution < 1.29 is 35.9 Å². The van der Waals surface area contributed by atoms with E-state index < -0.39 is 49.4 Å². The van der Waals surface area contributed by atoms with Gasteiger partial charge < -0.3 is 4.74 Å². The average molecular weight is 494 g/mol. The number of aryl methyl sites for hydroxylation is 2. The summed E-state index contributed by atoms with van der Waals surface area (Å²) in [7, 11) is -4.01. The van der Waals surface area contributed by atoms with Crippen LogP contribution in [0.4, 0.5) is 13.2 Å². The molecule has 3 rings (SSSR count). The number of benzene rings is 2. The Morgan fingerprint density at radius 3 is 2.24 bits per heavy atom. The lowest BCUT2D eigenvalue weighted by molar-refractivity contribution is -0.138. The van der Waals surface area contributed by atoms with Gasteiger partial charge in [-0.2, -0.15) is 18.3 Å². The lowest BCUT2D eigenvalue weighted by atomic mass is 9.93. The summed E-state index contributed by atoms with van der Waals surface area (Å²) in [6, 6.07) is 8.74. The topological polar surface area (TPSA) is 95.3 Å². The molecule has 1 aromatic heterocycles. The Labute approximate surface area is 194 Å². The van der Waals surface area contributed by atoms with Gasteiger partial charge in [0.05, 0.1) is 22.2 Å². The monoisotopic (exact) mass is 494 g/mol. The summed E-state index contributed by atoms with van der Waals surface area (Å²) in [5.41, 5.74) is -2.91. The molecule has 1 heterocycles. The number of esters is 1. The molecule has 7 nitrogen and oxygen atoms in total. The number of rotatable bonds is 6. The van der Waals surface area contributed by atoms with Crippen molar-refractivity contribution in [2.45, 2.75) is 38.4 Å². The molecule has 2 aromatic carbocycles. The van der Waals surface area contributed by atoms with Crippen LogP contribution in [0.2, 0.25) is 0 Å². The fraction of sp³-hybridized carbons (Fsp3) is 0.261. The van der Waals surface area contributed by atoms with Crippen LogP contribution >= 0.6 is 0 Å². The van der Waals surface area contributed by atoms with Crippen LogP contribution in [0.3, 0.4) is 0 Å². The third-order valence-corrected chi connectivity index (χ3v) is 6.51. The first-order valence-corrected chi connectivity index (χ1v) is 12.0. The third-order valence-electron chi connectivity index (χ3n) is 5.14. The van der Waals surface area contributed by atoms with E-state index in [2.05, 4.69) is 5.10 Å². The molecule has 0 unspecified atom stereocenters. The molecule has 0 aliphatic rings. The molecule has 0 saturated heterocycles. The number of alkyl halides is 3. The van der Waals surface area contributed by atoms with Crippen LogP contribution in [-0.4, -0.2) is 36.2 Å². The van der Waals surface area contributed by atoms with Crippen LogP contribution in [-0.2, 0) is 22.6 Å². The molecule has 11 heteroatoms. The zero-order valence-electron chi connectivity index (χ0n) is 18.7. The van der Waals surface area contributed by atoms with Gasteiger partial charge in [0.2, 0.25) is 11.7 Å². The summed E-state index contributed by atoms with van der Waals surface area (Å²) in [6.45, 7) is 4.14. The predicted molar refractivity (Wildman–Crippen MR) is 117 cm³/mol. The first kappa shape index (κ1) is 25.2. The fourth-order valence-corrected chi connectivity index (χ4v) is 5.11. The Balaban J connectivity index is 2.20. The second-order valence-corrected chi connectivity index (χ2v) is 9.56. The molecule has 0 aliphatic heterocycles. The molecule has 0 fully saturated rings. The Kier molecular flexibility index (Phi) is 6.70. The summed E-state index contributed by atoms with van der Waals surface area (Å²) in [6.07, 6.45) is -3.20. The Morgan fingerprint density at radius 1 is 1.09 bits per heavy atom. The van der Waals surface area contributed by atoms with Gasteiger partial charge in [-0.15, -0.1) is 0 Å². The molecule has 0 bridgehead atoms. The van der Waals surface area contributed by atoms with Crippen molar-refractivity contribution in [2.24, 2.45) is 0 Å². The molecular formula is C23H21F3N2O5S. The van der Waals surface area contributed by atoms with Crippen LogP contribution in [0, 0.1) is 13.8 Å². The van der Waals surface area contributed by atoms with Gasteiger partial charge in [0, 0.05) is 18.4 Å². The zero-order chi connectivity index (χ0) is 25.4. The lowest BCUT2D eigenvalue weighted by Gasteiger charge is -2.19. The Bertz CT molecular complexity index is 1380. The molecule has 0 atom stereocenters. The maximum Gasteiger partial charge on any atom is 0.417 e. The van der Waals surface area contributed by atoms with Gasteiger partial charge in [0.1, 0.15) is 5.56 Å². The van der Waals surface area contributed by atoms with E-state index in [0.29, 0.717) is 0 Å². The highest BCUT2D eigenvalue weighted by atomic mass is 32.2. The quantitative estimate of drug-likeness (QED) is 0.373. The molecule has 34 heavy (non-hydrogen) atoms. The van der Waals surface area contributed by atoms with E-state index in [0.717, 1.165) is 25.4 Å². The largest absolute Gasteiger partial charge is 0.417 e. The number of hydrogen-bond donors (Lipinski definition) is 0. The Hall–Kier alpha value is -3.47. The molecule has 0 radical (unpaired) electrons. The maximum absolute atomic E-state index is 14.0. The van der Waals surface area contributed by atoms with Gasteiger partial charge in [0.25, 0.3) is 0 Å². The van der Waals surface area contributed by atoms with E-state index in [1.165, 1.54) is 23.7 Å². The normalized spacial score (nSPS) is 12.0. The van der Waals surface area contributed by atoms with Crippen LogP contribution in [0.5, 0.6) is 5.88 Å². The standard InChI is InChI=1S/C23H21F3N2O5S/c1-5-28-21(33-22(30)15-9-7-6-8-10-15)17(12-27-28)19(29)16-11-13(2)20(34(4,31)32)14(3)18(16)23(24,25)26/h6-12H,5H2,1-4H3. The van der Waals surface area contributed by atoms with Crippen molar-refractivity contribution in [2.75, 3.05) is 6.26 Å². The third kappa shape index (κ3) is 4.74. The minimum Gasteiger partial charge on any atom is -0.403 e.